The summed E-state index contributed by atoms with van der Waals surface area (Å²) >= 11 is 0. The Morgan fingerprint density at radius 3 is 2.23 bits per heavy atom. The number of aromatic nitrogens is 5. The number of aryl methyl sites for hydroxylation is 5. The minimum Gasteiger partial charge on any atom is -0.364 e. The molecule has 30 heavy (non-hydrogen) atoms. The zero-order chi connectivity index (χ0) is 22.1. The molecule has 2 N–H and O–H groups in total. The summed E-state index contributed by atoms with van der Waals surface area (Å²) in [5.74, 6) is -0.939. The van der Waals surface area contributed by atoms with Crippen molar-refractivity contribution in [2.75, 3.05) is 0 Å². The third kappa shape index (κ3) is 4.87. The summed E-state index contributed by atoms with van der Waals surface area (Å²) in [6.45, 7) is 5.14. The van der Waals surface area contributed by atoms with Crippen LogP contribution in [0.5, 0.6) is 0 Å². The second kappa shape index (κ2) is 8.29. The van der Waals surface area contributed by atoms with Crippen LogP contribution in [-0.4, -0.2) is 30.5 Å². The molecule has 0 bridgehead atoms. The lowest BCUT2D eigenvalue weighted by Gasteiger charge is -2.11. The molecule has 10 heteroatoms. The Labute approximate surface area is 171 Å². The van der Waals surface area contributed by atoms with Crippen LogP contribution in [0.2, 0.25) is 0 Å². The number of hydrogen-bond acceptors (Lipinski definition) is 4. The molecule has 0 spiro atoms. The van der Waals surface area contributed by atoms with Crippen LogP contribution in [0.25, 0.3) is 11.3 Å². The standard InChI is InChI=1S/C14H17N3.C6H6F3N3O/c1-10-7-12(8-11(2)15-10)14-9-13-5-3-4-6-17(13)16-14;1-12-3(5(10)13)2-4(11-12)6(7,8)9/h7-9H,3-6H2,1-2H3;2H,1H3,(H2,10,13). The summed E-state index contributed by atoms with van der Waals surface area (Å²) in [5, 5.41) is 7.79. The highest BCUT2D eigenvalue weighted by Gasteiger charge is 2.35. The van der Waals surface area contributed by atoms with Gasteiger partial charge < -0.3 is 5.73 Å². The van der Waals surface area contributed by atoms with E-state index >= 15 is 0 Å². The third-order valence-electron chi connectivity index (χ3n) is 4.72. The molecule has 0 radical (unpaired) electrons. The van der Waals surface area contributed by atoms with Crippen LogP contribution in [0, 0.1) is 13.8 Å². The van der Waals surface area contributed by atoms with Crippen LogP contribution in [0.15, 0.2) is 24.3 Å². The summed E-state index contributed by atoms with van der Waals surface area (Å²) in [5.41, 5.74) is 9.19. The topological polar surface area (TPSA) is 91.6 Å². The highest BCUT2D eigenvalue weighted by molar-refractivity contribution is 5.91. The van der Waals surface area contributed by atoms with Crippen molar-refractivity contribution in [3.05, 3.63) is 52.7 Å². The van der Waals surface area contributed by atoms with Crippen molar-refractivity contribution >= 4 is 5.91 Å². The normalized spacial score (nSPS) is 13.4. The lowest BCUT2D eigenvalue weighted by Crippen LogP contribution is -2.15. The molecule has 1 aliphatic rings. The number of alkyl halides is 3. The van der Waals surface area contributed by atoms with E-state index in [1.54, 1.807) is 0 Å². The van der Waals surface area contributed by atoms with E-state index in [9.17, 15) is 18.0 Å². The number of rotatable bonds is 2. The van der Waals surface area contributed by atoms with Crippen LogP contribution in [0.3, 0.4) is 0 Å². The number of primary amides is 1. The minimum absolute atomic E-state index is 0.271. The van der Waals surface area contributed by atoms with E-state index in [0.717, 1.165) is 34.7 Å². The molecule has 160 valence electrons. The summed E-state index contributed by atoms with van der Waals surface area (Å²) in [4.78, 5) is 15.0. The Balaban J connectivity index is 0.000000178. The number of hydrogen-bond donors (Lipinski definition) is 1. The molecule has 1 aliphatic heterocycles. The third-order valence-corrected chi connectivity index (χ3v) is 4.72. The molecule has 0 unspecified atom stereocenters. The monoisotopic (exact) mass is 420 g/mol. The molecule has 7 nitrogen and oxygen atoms in total. The first-order chi connectivity index (χ1) is 14.0. The second-order valence-electron chi connectivity index (χ2n) is 7.24. The van der Waals surface area contributed by atoms with Gasteiger partial charge in [0.2, 0.25) is 0 Å². The van der Waals surface area contributed by atoms with Crippen molar-refractivity contribution in [1.82, 2.24) is 24.5 Å². The second-order valence-corrected chi connectivity index (χ2v) is 7.24. The van der Waals surface area contributed by atoms with Crippen LogP contribution in [-0.2, 0) is 26.2 Å². The van der Waals surface area contributed by atoms with Crippen molar-refractivity contribution in [3.8, 4) is 11.3 Å². The summed E-state index contributed by atoms with van der Waals surface area (Å²) in [6, 6.07) is 7.07. The van der Waals surface area contributed by atoms with Gasteiger partial charge in [-0.05, 0) is 51.3 Å². The maximum atomic E-state index is 12.0. The molecular weight excluding hydrogens is 397 g/mol. The van der Waals surface area contributed by atoms with Crippen LogP contribution in [0.4, 0.5) is 13.2 Å². The molecule has 0 aromatic carbocycles. The summed E-state index contributed by atoms with van der Waals surface area (Å²) in [7, 11) is 1.22. The first-order valence-electron chi connectivity index (χ1n) is 9.48. The first kappa shape index (κ1) is 21.5. The van der Waals surface area contributed by atoms with Gasteiger partial charge in [-0.2, -0.15) is 23.4 Å². The predicted octanol–water partition coefficient (Wildman–Crippen LogP) is 3.44. The van der Waals surface area contributed by atoms with Gasteiger partial charge in [-0.3, -0.25) is 19.1 Å². The van der Waals surface area contributed by atoms with Gasteiger partial charge in [0, 0.05) is 42.3 Å². The molecule has 0 atom stereocenters. The first-order valence-corrected chi connectivity index (χ1v) is 9.48. The van der Waals surface area contributed by atoms with Gasteiger partial charge in [-0.1, -0.05) is 0 Å². The predicted molar refractivity (Wildman–Crippen MR) is 105 cm³/mol. The summed E-state index contributed by atoms with van der Waals surface area (Å²) in [6.07, 6.45) is -0.844. The molecular formula is C20H23F3N6O. The number of carbonyl (C=O) groups is 1. The Kier molecular flexibility index (Phi) is 5.95. The van der Waals surface area contributed by atoms with Gasteiger partial charge in [0.25, 0.3) is 5.91 Å². The number of nitrogens with two attached hydrogens (primary N) is 1. The van der Waals surface area contributed by atoms with Crippen molar-refractivity contribution in [1.29, 1.82) is 0 Å². The van der Waals surface area contributed by atoms with Crippen molar-refractivity contribution in [3.63, 3.8) is 0 Å². The van der Waals surface area contributed by atoms with Gasteiger partial charge in [-0.15, -0.1) is 0 Å². The molecule has 4 rings (SSSR count). The largest absolute Gasteiger partial charge is 0.435 e. The highest BCUT2D eigenvalue weighted by Crippen LogP contribution is 2.28. The molecule has 1 amide bonds. The lowest BCUT2D eigenvalue weighted by atomic mass is 10.1. The number of nitrogens with zero attached hydrogens (tertiary/aromatic N) is 5. The Bertz CT molecular complexity index is 1020. The maximum Gasteiger partial charge on any atom is 0.435 e. The smallest absolute Gasteiger partial charge is 0.364 e. The minimum atomic E-state index is -4.55. The van der Waals surface area contributed by atoms with Crippen molar-refractivity contribution in [2.24, 2.45) is 12.8 Å². The lowest BCUT2D eigenvalue weighted by molar-refractivity contribution is -0.141. The quantitative estimate of drug-likeness (QED) is 0.688. The number of pyridine rings is 1. The fourth-order valence-corrected chi connectivity index (χ4v) is 3.38. The van der Waals surface area contributed by atoms with Crippen LogP contribution >= 0.6 is 0 Å². The van der Waals surface area contributed by atoms with E-state index in [1.165, 1.54) is 31.1 Å². The van der Waals surface area contributed by atoms with E-state index < -0.39 is 17.8 Å². The number of carbonyl (C=O) groups excluding carboxylic acids is 1. The number of amides is 1. The Hall–Kier alpha value is -3.17. The molecule has 0 saturated heterocycles. The van der Waals surface area contributed by atoms with Crippen molar-refractivity contribution in [2.45, 2.75) is 45.8 Å². The molecule has 3 aromatic rings. The van der Waals surface area contributed by atoms with Gasteiger partial charge in [-0.25, -0.2) is 0 Å². The van der Waals surface area contributed by atoms with Crippen LogP contribution in [0.1, 0.15) is 46.1 Å². The molecule has 4 heterocycles. The summed E-state index contributed by atoms with van der Waals surface area (Å²) < 4.78 is 39.0. The van der Waals surface area contributed by atoms with E-state index in [2.05, 4.69) is 33.0 Å². The molecule has 0 aliphatic carbocycles. The van der Waals surface area contributed by atoms with E-state index in [-0.39, 0.29) is 5.69 Å². The van der Waals surface area contributed by atoms with E-state index in [4.69, 9.17) is 10.8 Å². The molecule has 0 fully saturated rings. The number of halogens is 3. The van der Waals surface area contributed by atoms with Gasteiger partial charge >= 0.3 is 6.18 Å². The van der Waals surface area contributed by atoms with Crippen molar-refractivity contribution < 1.29 is 18.0 Å². The van der Waals surface area contributed by atoms with Crippen LogP contribution < -0.4 is 5.73 Å². The Morgan fingerprint density at radius 1 is 1.07 bits per heavy atom. The SMILES string of the molecule is Cc1cc(-c2cc3n(n2)CCCC3)cc(C)n1.Cn1nc(C(F)(F)F)cc1C(N)=O. The zero-order valence-electron chi connectivity index (χ0n) is 17.0. The fourth-order valence-electron chi connectivity index (χ4n) is 3.38. The van der Waals surface area contributed by atoms with E-state index in [1.807, 2.05) is 13.8 Å². The Morgan fingerprint density at radius 2 is 1.73 bits per heavy atom. The highest BCUT2D eigenvalue weighted by atomic mass is 19.4. The maximum absolute atomic E-state index is 12.0. The van der Waals surface area contributed by atoms with Gasteiger partial charge in [0.05, 0.1) is 5.69 Å². The average molecular weight is 420 g/mol. The zero-order valence-corrected chi connectivity index (χ0v) is 17.0. The van der Waals surface area contributed by atoms with E-state index in [0.29, 0.717) is 6.07 Å². The number of fused-ring (bicyclic) bond motifs is 1. The fraction of sp³-hybridized carbons (Fsp3) is 0.400. The van der Waals surface area contributed by atoms with Gasteiger partial charge in [0.15, 0.2) is 5.69 Å². The molecule has 3 aromatic heterocycles. The molecule has 0 saturated carbocycles. The average Bonchev–Trinajstić information content (AvgIpc) is 3.24. The van der Waals surface area contributed by atoms with Gasteiger partial charge in [0.1, 0.15) is 5.69 Å².